The highest BCUT2D eigenvalue weighted by molar-refractivity contribution is 5.74. The van der Waals surface area contributed by atoms with Crippen LogP contribution in [0.2, 0.25) is 0 Å². The van der Waals surface area contributed by atoms with Gasteiger partial charge in [0.15, 0.2) is 0 Å². The zero-order valence-corrected chi connectivity index (χ0v) is 16.7. The zero-order valence-electron chi connectivity index (χ0n) is 16.7. The van der Waals surface area contributed by atoms with E-state index in [2.05, 4.69) is 15.1 Å². The summed E-state index contributed by atoms with van der Waals surface area (Å²) in [6, 6.07) is 3.25. The lowest BCUT2D eigenvalue weighted by atomic mass is 9.84. The molecule has 7 nitrogen and oxygen atoms in total. The number of carbonyl (C=O) groups is 1. The van der Waals surface area contributed by atoms with Crippen LogP contribution in [0, 0.1) is 5.92 Å². The van der Waals surface area contributed by atoms with Gasteiger partial charge in [0.2, 0.25) is 17.7 Å². The number of aromatic nitrogens is 4. The highest BCUT2D eigenvalue weighted by Crippen LogP contribution is 2.37. The van der Waals surface area contributed by atoms with Crippen LogP contribution < -0.4 is 4.74 Å². The van der Waals surface area contributed by atoms with E-state index in [9.17, 15) is 18.0 Å². The third kappa shape index (κ3) is 4.73. The molecule has 2 aromatic heterocycles. The second kappa shape index (κ2) is 8.23. The average Bonchev–Trinajstić information content (AvgIpc) is 3.15. The quantitative estimate of drug-likeness (QED) is 0.714. The van der Waals surface area contributed by atoms with Crippen molar-refractivity contribution in [2.45, 2.75) is 57.7 Å². The molecule has 10 heteroatoms. The molecule has 1 aliphatic heterocycles. The Morgan fingerprint density at radius 3 is 2.60 bits per heavy atom. The van der Waals surface area contributed by atoms with Gasteiger partial charge in [-0.25, -0.2) is 22.8 Å². The largest absolute Gasteiger partial charge is 0.470 e. The van der Waals surface area contributed by atoms with Crippen LogP contribution in [-0.4, -0.2) is 55.7 Å². The number of nitrogens with zero attached hydrogens (tertiary/aromatic N) is 5. The van der Waals surface area contributed by atoms with Crippen LogP contribution in [0.3, 0.4) is 0 Å². The lowest BCUT2D eigenvalue weighted by molar-refractivity contribution is -0.137. The molecule has 162 valence electrons. The molecule has 0 radical (unpaired) electrons. The van der Waals surface area contributed by atoms with Gasteiger partial charge in [0.05, 0.1) is 24.5 Å². The number of hydrogen-bond acceptors (Lipinski definition) is 5. The highest BCUT2D eigenvalue weighted by Gasteiger charge is 2.35. The number of likely N-dealkylation sites (tertiary alicyclic amines) is 1. The summed E-state index contributed by atoms with van der Waals surface area (Å²) in [4.78, 5) is 21.9. The summed E-state index contributed by atoms with van der Waals surface area (Å²) in [5.41, 5.74) is 0.933. The fraction of sp³-hybridized carbons (Fsp3) is 0.600. The maximum absolute atomic E-state index is 13.5. The van der Waals surface area contributed by atoms with Crippen LogP contribution in [-0.2, 0) is 17.9 Å². The number of hydrogen-bond donors (Lipinski definition) is 0. The number of rotatable bonds is 6. The fourth-order valence-electron chi connectivity index (χ4n) is 3.81. The summed E-state index contributed by atoms with van der Waals surface area (Å²) in [6.07, 6.45) is 2.58. The molecule has 1 aliphatic carbocycles. The van der Waals surface area contributed by atoms with Crippen molar-refractivity contribution in [1.29, 1.82) is 0 Å². The van der Waals surface area contributed by atoms with E-state index in [-0.39, 0.29) is 42.4 Å². The van der Waals surface area contributed by atoms with E-state index in [0.717, 1.165) is 0 Å². The van der Waals surface area contributed by atoms with Gasteiger partial charge in [-0.2, -0.15) is 10.1 Å². The summed E-state index contributed by atoms with van der Waals surface area (Å²) < 4.78 is 47.1. The van der Waals surface area contributed by atoms with Crippen molar-refractivity contribution in [2.24, 2.45) is 5.92 Å². The van der Waals surface area contributed by atoms with Gasteiger partial charge in [-0.3, -0.25) is 4.79 Å². The Kier molecular flexibility index (Phi) is 5.66. The van der Waals surface area contributed by atoms with Crippen LogP contribution in [0.5, 0.6) is 5.88 Å². The Morgan fingerprint density at radius 2 is 1.97 bits per heavy atom. The van der Waals surface area contributed by atoms with Crippen molar-refractivity contribution in [2.75, 3.05) is 13.1 Å². The van der Waals surface area contributed by atoms with Crippen LogP contribution in [0.1, 0.15) is 44.0 Å². The second-order valence-corrected chi connectivity index (χ2v) is 8.05. The first-order valence-electron chi connectivity index (χ1n) is 10.1. The van der Waals surface area contributed by atoms with E-state index < -0.39 is 12.6 Å². The normalized spacial score (nSPS) is 19.5. The lowest BCUT2D eigenvalue weighted by Gasteiger charge is -2.38. The van der Waals surface area contributed by atoms with Crippen LogP contribution in [0.4, 0.5) is 13.2 Å². The molecule has 2 aromatic rings. The lowest BCUT2D eigenvalue weighted by Crippen LogP contribution is -2.55. The van der Waals surface area contributed by atoms with Crippen molar-refractivity contribution in [3.05, 3.63) is 29.7 Å². The van der Waals surface area contributed by atoms with Gasteiger partial charge in [0, 0.05) is 32.0 Å². The van der Waals surface area contributed by atoms with E-state index in [4.69, 9.17) is 4.74 Å². The molecule has 1 saturated carbocycles. The van der Waals surface area contributed by atoms with Gasteiger partial charge in [0.1, 0.15) is 12.8 Å². The molecular weight excluding hydrogens is 399 g/mol. The van der Waals surface area contributed by atoms with E-state index >= 15 is 0 Å². The molecule has 30 heavy (non-hydrogen) atoms. The number of alkyl halides is 3. The molecule has 0 N–H and O–H groups in total. The maximum Gasteiger partial charge on any atom is 0.254 e. The Balaban J connectivity index is 1.52. The van der Waals surface area contributed by atoms with Crippen molar-refractivity contribution >= 4 is 5.91 Å². The maximum atomic E-state index is 13.5. The summed E-state index contributed by atoms with van der Waals surface area (Å²) in [5, 5.41) is 4.10. The first-order chi connectivity index (χ1) is 14.3. The summed E-state index contributed by atoms with van der Waals surface area (Å²) in [6.45, 7) is 1.77. The molecule has 1 saturated heterocycles. The minimum Gasteiger partial charge on any atom is -0.470 e. The molecule has 0 bridgehead atoms. The molecule has 0 atom stereocenters. The Labute approximate surface area is 172 Å². The Hall–Kier alpha value is -2.65. The highest BCUT2D eigenvalue weighted by atomic mass is 19.3. The van der Waals surface area contributed by atoms with Crippen molar-refractivity contribution < 1.29 is 22.7 Å². The van der Waals surface area contributed by atoms with Gasteiger partial charge in [-0.15, -0.1) is 0 Å². The third-order valence-electron chi connectivity index (χ3n) is 5.65. The molecular formula is C20H24F3N5O2. The first kappa shape index (κ1) is 20.6. The monoisotopic (exact) mass is 423 g/mol. The van der Waals surface area contributed by atoms with E-state index in [1.807, 2.05) is 0 Å². The van der Waals surface area contributed by atoms with Crippen molar-refractivity contribution in [3.63, 3.8) is 0 Å². The minimum absolute atomic E-state index is 0.0108. The minimum atomic E-state index is -2.58. The van der Waals surface area contributed by atoms with E-state index in [1.165, 1.54) is 17.7 Å². The van der Waals surface area contributed by atoms with Crippen LogP contribution >= 0.6 is 0 Å². The van der Waals surface area contributed by atoms with Crippen LogP contribution in [0.15, 0.2) is 18.3 Å². The molecule has 3 heterocycles. The average molecular weight is 423 g/mol. The molecule has 0 unspecified atom stereocenters. The van der Waals surface area contributed by atoms with Crippen molar-refractivity contribution in [3.8, 4) is 11.8 Å². The third-order valence-corrected chi connectivity index (χ3v) is 5.65. The van der Waals surface area contributed by atoms with Crippen molar-refractivity contribution in [1.82, 2.24) is 24.6 Å². The molecule has 2 fully saturated rings. The molecule has 1 amide bonds. The summed E-state index contributed by atoms with van der Waals surface area (Å²) >= 11 is 0. The molecule has 0 spiro atoms. The smallest absolute Gasteiger partial charge is 0.254 e. The van der Waals surface area contributed by atoms with Gasteiger partial charge < -0.3 is 9.64 Å². The number of carbonyl (C=O) groups excluding carboxylic acids is 1. The van der Waals surface area contributed by atoms with Gasteiger partial charge in [-0.05, 0) is 31.2 Å². The molecule has 2 aliphatic rings. The molecule has 4 rings (SSSR count). The first-order valence-corrected chi connectivity index (χ1v) is 10.1. The number of halogens is 3. The predicted octanol–water partition coefficient (Wildman–Crippen LogP) is 3.11. The van der Waals surface area contributed by atoms with Gasteiger partial charge in [0.25, 0.3) is 5.95 Å². The second-order valence-electron chi connectivity index (χ2n) is 8.05. The number of ether oxygens (including phenoxy) is 1. The Bertz CT molecular complexity index is 904. The zero-order chi connectivity index (χ0) is 21.3. The van der Waals surface area contributed by atoms with E-state index in [1.54, 1.807) is 17.2 Å². The van der Waals surface area contributed by atoms with Gasteiger partial charge in [-0.1, -0.05) is 0 Å². The van der Waals surface area contributed by atoms with Crippen LogP contribution in [0.25, 0.3) is 5.95 Å². The summed E-state index contributed by atoms with van der Waals surface area (Å²) in [7, 11) is 0. The van der Waals surface area contributed by atoms with E-state index in [0.29, 0.717) is 43.9 Å². The standard InChI is InChI=1S/C20H24F3N5O2/c1-13(29)27-11-17(12-27)30-18-9-16(8-14-2-5-20(22,23)6-3-14)24-19(25-18)28-7-4-15(10-21)26-28/h4,7,9,14,17H,2-3,5-6,8,10-12H2,1H3. The topological polar surface area (TPSA) is 73.1 Å². The number of amides is 1. The van der Waals surface area contributed by atoms with Gasteiger partial charge >= 0.3 is 0 Å². The summed E-state index contributed by atoms with van der Waals surface area (Å²) in [5.74, 6) is -1.90. The Morgan fingerprint density at radius 1 is 1.23 bits per heavy atom. The molecule has 0 aromatic carbocycles. The SMILES string of the molecule is CC(=O)N1CC(Oc2cc(CC3CCC(F)(F)CC3)nc(-n3ccc(CF)n3)n2)C1. The predicted molar refractivity (Wildman–Crippen MR) is 101 cm³/mol. The fourth-order valence-corrected chi connectivity index (χ4v) is 3.81.